The fourth-order valence-corrected chi connectivity index (χ4v) is 9.84. The van der Waals surface area contributed by atoms with Gasteiger partial charge in [0, 0.05) is 37.5 Å². The number of aromatic nitrogens is 3. The molecule has 0 radical (unpaired) electrons. The Bertz CT molecular complexity index is 1680. The van der Waals surface area contributed by atoms with Gasteiger partial charge in [0.15, 0.2) is 0 Å². The predicted molar refractivity (Wildman–Crippen MR) is 172 cm³/mol. The van der Waals surface area contributed by atoms with E-state index in [1.165, 1.54) is 0 Å². The van der Waals surface area contributed by atoms with Crippen molar-refractivity contribution >= 4 is 40.5 Å². The molecule has 45 heavy (non-hydrogen) atoms. The van der Waals surface area contributed by atoms with E-state index >= 15 is 0 Å². The van der Waals surface area contributed by atoms with Crippen molar-refractivity contribution in [3.05, 3.63) is 84.5 Å². The maximum atomic E-state index is 14.7. The van der Waals surface area contributed by atoms with Crippen molar-refractivity contribution in [2.75, 3.05) is 26.2 Å². The second-order valence-electron chi connectivity index (χ2n) is 12.6. The lowest BCUT2D eigenvalue weighted by Gasteiger charge is -2.36. The predicted octanol–water partition coefficient (Wildman–Crippen LogP) is 3.24. The maximum Gasteiger partial charge on any atom is 0.248 e. The molecule has 2 fully saturated rings. The van der Waals surface area contributed by atoms with Crippen LogP contribution in [0.4, 0.5) is 0 Å². The molecule has 10 nitrogen and oxygen atoms in total. The molecule has 3 amide bonds. The number of likely N-dealkylation sites (tertiary alicyclic amines) is 1. The smallest absolute Gasteiger partial charge is 0.248 e. The van der Waals surface area contributed by atoms with E-state index in [0.29, 0.717) is 39.0 Å². The van der Waals surface area contributed by atoms with Crippen molar-refractivity contribution in [3.8, 4) is 0 Å². The number of benzene rings is 2. The average molecular weight is 627 g/mol. The van der Waals surface area contributed by atoms with Gasteiger partial charge in [-0.15, -0.1) is 16.9 Å². The lowest BCUT2D eigenvalue weighted by Crippen LogP contribution is -2.53. The van der Waals surface area contributed by atoms with Crippen LogP contribution in [0.3, 0.4) is 0 Å². The molecule has 1 N–H and O–H groups in total. The summed E-state index contributed by atoms with van der Waals surface area (Å²) in [5.74, 6) is -1.64. The van der Waals surface area contributed by atoms with Crippen LogP contribution < -0.4 is 0 Å². The largest absolute Gasteiger partial charge is 0.396 e. The number of aliphatic hydroxyl groups excluding tert-OH is 1. The third-order valence-corrected chi connectivity index (χ3v) is 11.5. The molecule has 2 aromatic carbocycles. The van der Waals surface area contributed by atoms with Gasteiger partial charge in [-0.2, -0.15) is 0 Å². The number of nitrogens with zero attached hydrogens (tertiary/aromatic N) is 6. The van der Waals surface area contributed by atoms with Crippen molar-refractivity contribution in [1.29, 1.82) is 0 Å². The second-order valence-corrected chi connectivity index (χ2v) is 14.4. The van der Waals surface area contributed by atoms with Crippen molar-refractivity contribution < 1.29 is 19.5 Å². The zero-order valence-electron chi connectivity index (χ0n) is 25.4. The number of hydrogen-bond acceptors (Lipinski definition) is 7. The van der Waals surface area contributed by atoms with Gasteiger partial charge in [0.2, 0.25) is 17.7 Å². The van der Waals surface area contributed by atoms with Gasteiger partial charge in [-0.05, 0) is 43.9 Å². The van der Waals surface area contributed by atoms with Crippen LogP contribution in [0.25, 0.3) is 11.0 Å². The van der Waals surface area contributed by atoms with Crippen molar-refractivity contribution in [3.63, 3.8) is 0 Å². The Labute approximate surface area is 266 Å². The van der Waals surface area contributed by atoms with Gasteiger partial charge in [-0.1, -0.05) is 72.0 Å². The summed E-state index contributed by atoms with van der Waals surface area (Å²) in [6, 6.07) is 16.8. The Kier molecular flexibility index (Phi) is 7.77. The Morgan fingerprint density at radius 1 is 0.867 bits per heavy atom. The molecule has 4 aliphatic heterocycles. The highest BCUT2D eigenvalue weighted by molar-refractivity contribution is 8.02. The summed E-state index contributed by atoms with van der Waals surface area (Å²) in [4.78, 5) is 49.2. The summed E-state index contributed by atoms with van der Waals surface area (Å²) < 4.78 is 0.158. The number of para-hydroxylation sites is 1. The SMILES string of the molecule is C[C@]12C=CCN(Cc3ccccc3)C(=O)[C@H]1[C@H]1C(=O)N(CCCCCO)C3C(=O)N(Cn4nnc5ccccc54)CC=C[C@@]31S2. The molecule has 1 aromatic heterocycles. The molecule has 0 bridgehead atoms. The number of rotatable bonds is 9. The van der Waals surface area contributed by atoms with Gasteiger partial charge in [-0.3, -0.25) is 14.4 Å². The van der Waals surface area contributed by atoms with Crippen LogP contribution >= 0.6 is 11.8 Å². The van der Waals surface area contributed by atoms with Gasteiger partial charge >= 0.3 is 0 Å². The normalized spacial score (nSPS) is 29.2. The van der Waals surface area contributed by atoms with Crippen LogP contribution in [-0.2, 0) is 27.6 Å². The highest BCUT2D eigenvalue weighted by Crippen LogP contribution is 2.65. The number of amides is 3. The van der Waals surface area contributed by atoms with Crippen LogP contribution in [0.1, 0.15) is 31.7 Å². The van der Waals surface area contributed by atoms with Gasteiger partial charge in [-0.25, -0.2) is 4.68 Å². The van der Waals surface area contributed by atoms with Gasteiger partial charge in [0.25, 0.3) is 0 Å². The van der Waals surface area contributed by atoms with Crippen LogP contribution in [-0.4, -0.2) is 94.3 Å². The summed E-state index contributed by atoms with van der Waals surface area (Å²) in [6.07, 6.45) is 10.2. The quantitative estimate of drug-likeness (QED) is 0.287. The van der Waals surface area contributed by atoms with E-state index < -0.39 is 27.4 Å². The Morgan fingerprint density at radius 2 is 1.62 bits per heavy atom. The van der Waals surface area contributed by atoms with Crippen molar-refractivity contribution in [1.82, 2.24) is 29.7 Å². The third kappa shape index (κ3) is 4.96. The molecular weight excluding hydrogens is 588 g/mol. The molecule has 5 atom stereocenters. The molecule has 0 aliphatic carbocycles. The minimum absolute atomic E-state index is 0.0500. The number of unbranched alkanes of at least 4 members (excludes halogenated alkanes) is 2. The highest BCUT2D eigenvalue weighted by atomic mass is 32.2. The molecule has 11 heteroatoms. The van der Waals surface area contributed by atoms with E-state index in [9.17, 15) is 19.5 Å². The molecule has 1 unspecified atom stereocenters. The first kappa shape index (κ1) is 29.7. The summed E-state index contributed by atoms with van der Waals surface area (Å²) in [5.41, 5.74) is 2.61. The van der Waals surface area contributed by atoms with E-state index in [1.807, 2.05) is 78.6 Å². The monoisotopic (exact) mass is 626 g/mol. The summed E-state index contributed by atoms with van der Waals surface area (Å²) in [6.45, 7) is 4.00. The Morgan fingerprint density at radius 3 is 2.44 bits per heavy atom. The zero-order valence-corrected chi connectivity index (χ0v) is 26.2. The maximum absolute atomic E-state index is 14.7. The van der Waals surface area contributed by atoms with Crippen molar-refractivity contribution in [2.24, 2.45) is 11.8 Å². The minimum atomic E-state index is -0.903. The number of carbonyl (C=O) groups is 3. The molecule has 3 aromatic rings. The number of fused-ring (bicyclic) bond motifs is 3. The number of hydrogen-bond donors (Lipinski definition) is 1. The van der Waals surface area contributed by atoms with Crippen molar-refractivity contribution in [2.45, 2.75) is 54.9 Å². The summed E-state index contributed by atoms with van der Waals surface area (Å²) in [5, 5.41) is 18.0. The first-order chi connectivity index (χ1) is 21.9. The molecule has 4 aliphatic rings. The summed E-state index contributed by atoms with van der Waals surface area (Å²) in [7, 11) is 0. The fraction of sp³-hybridized carbons (Fsp3) is 0.441. The van der Waals surface area contributed by atoms with Crippen LogP contribution in [0.5, 0.6) is 0 Å². The van der Waals surface area contributed by atoms with E-state index in [4.69, 9.17) is 0 Å². The molecule has 2 saturated heterocycles. The zero-order chi connectivity index (χ0) is 31.2. The van der Waals surface area contributed by atoms with Gasteiger partial charge < -0.3 is 19.8 Å². The van der Waals surface area contributed by atoms with E-state index in [1.54, 1.807) is 26.2 Å². The van der Waals surface area contributed by atoms with E-state index in [0.717, 1.165) is 23.0 Å². The lowest BCUT2D eigenvalue weighted by atomic mass is 9.74. The van der Waals surface area contributed by atoms with Gasteiger partial charge in [0.1, 0.15) is 18.2 Å². The lowest BCUT2D eigenvalue weighted by molar-refractivity contribution is -0.145. The number of aliphatic hydroxyl groups is 1. The molecule has 234 valence electrons. The molecule has 7 rings (SSSR count). The Hall–Kier alpha value is -3.96. The highest BCUT2D eigenvalue weighted by Gasteiger charge is 2.73. The van der Waals surface area contributed by atoms with Crippen LogP contribution in [0.2, 0.25) is 0 Å². The molecule has 5 heterocycles. The minimum Gasteiger partial charge on any atom is -0.396 e. The first-order valence-electron chi connectivity index (χ1n) is 15.7. The van der Waals surface area contributed by atoms with Gasteiger partial charge in [0.05, 0.1) is 22.1 Å². The third-order valence-electron chi connectivity index (χ3n) is 9.72. The second kappa shape index (κ2) is 11.8. The fourth-order valence-electron chi connectivity index (χ4n) is 7.69. The average Bonchev–Trinajstić information content (AvgIpc) is 3.57. The molecular formula is C34H38N6O4S. The van der Waals surface area contributed by atoms with Crippen LogP contribution in [0.15, 0.2) is 78.9 Å². The van der Waals surface area contributed by atoms with E-state index in [2.05, 4.69) is 22.5 Å². The van der Waals surface area contributed by atoms with E-state index in [-0.39, 0.29) is 31.0 Å². The first-order valence-corrected chi connectivity index (χ1v) is 16.5. The molecule has 1 spiro atoms. The Balaban J connectivity index is 1.25. The number of thioether (sulfide) groups is 1. The standard InChI is InChI=1S/C34H38N6O4S/c1-33-16-10-18-37(22-24-12-4-2-5-13-24)30(42)27(33)28-31(43)39(20-8-3-9-21-41)29-32(44)38(19-11-17-34(28,29)45-33)23-40-26-15-7-6-14-25(26)35-36-40/h2,4-7,10-17,27-29,41H,3,8-9,18-23H2,1H3/t27-,28+,29?,33+,34+/m1/s1. The summed E-state index contributed by atoms with van der Waals surface area (Å²) >= 11 is 1.60. The van der Waals surface area contributed by atoms with Crippen LogP contribution in [0, 0.1) is 11.8 Å². The number of carbonyl (C=O) groups excluding carboxylic acids is 3. The topological polar surface area (TPSA) is 112 Å². The molecule has 0 saturated carbocycles.